The van der Waals surface area contributed by atoms with Crippen molar-refractivity contribution in [1.82, 2.24) is 20.7 Å². The fourth-order valence-electron chi connectivity index (χ4n) is 7.31. The minimum absolute atomic E-state index is 0.00353. The molecule has 0 bridgehead atoms. The molecule has 1 aliphatic rings. The van der Waals surface area contributed by atoms with Crippen LogP contribution in [0.4, 0.5) is 4.79 Å². The average molecular weight is 893 g/mol. The van der Waals surface area contributed by atoms with E-state index < -0.39 is 57.8 Å². The Morgan fingerprint density at radius 2 is 1.54 bits per heavy atom. The van der Waals surface area contributed by atoms with Crippen molar-refractivity contribution < 1.29 is 47.3 Å². The maximum atomic E-state index is 13.8. The summed E-state index contributed by atoms with van der Waals surface area (Å²) < 4.78 is 41.4. The van der Waals surface area contributed by atoms with E-state index in [1.54, 1.807) is 71.0 Å². The molecular weight excluding hydrogens is 829 g/mol. The van der Waals surface area contributed by atoms with Gasteiger partial charge in [0.05, 0.1) is 17.0 Å². The molecule has 0 aromatic heterocycles. The van der Waals surface area contributed by atoms with Gasteiger partial charge in [-0.25, -0.2) is 17.9 Å². The summed E-state index contributed by atoms with van der Waals surface area (Å²) in [6.45, 7) is 15.8. The molecule has 3 amide bonds. The summed E-state index contributed by atoms with van der Waals surface area (Å²) in [5.74, 6) is -1.54. The number of aromatic hydroxyl groups is 1. The van der Waals surface area contributed by atoms with Crippen molar-refractivity contribution in [3.05, 3.63) is 88.0 Å². The minimum atomic E-state index is -4.12. The Morgan fingerprint density at radius 1 is 0.889 bits per heavy atom. The molecule has 8 N–H and O–H groups in total. The average Bonchev–Trinajstić information content (AvgIpc) is 3.17. The highest BCUT2D eigenvalue weighted by Crippen LogP contribution is 2.42. The second-order valence-corrected chi connectivity index (χ2v) is 19.3. The van der Waals surface area contributed by atoms with Crippen LogP contribution in [-0.2, 0) is 48.4 Å². The topological polar surface area (TPSA) is 248 Å². The highest BCUT2D eigenvalue weighted by molar-refractivity contribution is 7.90. The molecular formula is C46H64N6O10S. The smallest absolute Gasteiger partial charge is 0.408 e. The second-order valence-electron chi connectivity index (χ2n) is 17.7. The summed E-state index contributed by atoms with van der Waals surface area (Å²) in [6, 6.07) is 11.1. The van der Waals surface area contributed by atoms with Crippen molar-refractivity contribution >= 4 is 39.7 Å². The van der Waals surface area contributed by atoms with E-state index in [1.807, 2.05) is 26.8 Å². The highest BCUT2D eigenvalue weighted by atomic mass is 32.2. The zero-order chi connectivity index (χ0) is 46.9. The number of carbonyl (C=O) groups excluding carboxylic acids is 4. The number of nitrogens with one attached hydrogen (secondary N) is 4. The van der Waals surface area contributed by atoms with Gasteiger partial charge in [0.1, 0.15) is 34.8 Å². The molecule has 0 radical (unpaired) electrons. The number of hydrogen-bond donors (Lipinski definition) is 7. The number of phenolic OH excluding ortho intramolecular Hbond substituents is 1. The van der Waals surface area contributed by atoms with Crippen molar-refractivity contribution in [2.24, 2.45) is 10.7 Å². The van der Waals surface area contributed by atoms with Gasteiger partial charge in [-0.2, -0.15) is 0 Å². The number of aliphatic hydroxyl groups excluding tert-OH is 1. The van der Waals surface area contributed by atoms with Gasteiger partial charge in [-0.3, -0.25) is 19.4 Å². The zero-order valence-electron chi connectivity index (χ0n) is 37.8. The summed E-state index contributed by atoms with van der Waals surface area (Å²) in [5, 5.41) is 28.3. The molecule has 3 aromatic rings. The van der Waals surface area contributed by atoms with Crippen LogP contribution >= 0.6 is 0 Å². The fraction of sp³-hybridized carbons (Fsp3) is 0.500. The normalized spacial score (nSPS) is 15.7. The first-order chi connectivity index (χ1) is 29.4. The molecule has 0 fully saturated rings. The molecule has 0 aliphatic carbocycles. The molecule has 0 spiro atoms. The summed E-state index contributed by atoms with van der Waals surface area (Å²) in [7, 11) is -4.12. The Labute approximate surface area is 370 Å². The first-order valence-corrected chi connectivity index (χ1v) is 22.6. The van der Waals surface area contributed by atoms with Gasteiger partial charge < -0.3 is 41.4 Å². The van der Waals surface area contributed by atoms with Crippen LogP contribution in [0.2, 0.25) is 0 Å². The number of aliphatic imine (C=N–C) groups is 1. The molecule has 0 saturated heterocycles. The van der Waals surface area contributed by atoms with Gasteiger partial charge in [-0.1, -0.05) is 42.5 Å². The van der Waals surface area contributed by atoms with Crippen LogP contribution in [0.15, 0.2) is 64.5 Å². The number of phenols is 1. The molecule has 17 heteroatoms. The van der Waals surface area contributed by atoms with Crippen molar-refractivity contribution in [2.45, 2.75) is 148 Å². The number of unbranched alkanes of at least 4 members (excludes halogenated alkanes) is 1. The van der Waals surface area contributed by atoms with E-state index in [0.717, 1.165) is 17.5 Å². The molecule has 4 atom stereocenters. The largest absolute Gasteiger partial charge is 0.508 e. The van der Waals surface area contributed by atoms with E-state index >= 15 is 0 Å². The number of Topliss-reactive ketones (excluding diaryl/α,β-unsaturated/α-hetero) is 1. The third-order valence-corrected chi connectivity index (χ3v) is 12.4. The van der Waals surface area contributed by atoms with Crippen LogP contribution in [-0.4, -0.2) is 90.3 Å². The Hall–Kier alpha value is -5.68. The first kappa shape index (κ1) is 50.0. The van der Waals surface area contributed by atoms with Gasteiger partial charge in [0.2, 0.25) is 17.8 Å². The van der Waals surface area contributed by atoms with Crippen LogP contribution in [0.5, 0.6) is 11.5 Å². The monoisotopic (exact) mass is 892 g/mol. The predicted octanol–water partition coefficient (Wildman–Crippen LogP) is 4.48. The van der Waals surface area contributed by atoms with Gasteiger partial charge in [0, 0.05) is 19.4 Å². The Bertz CT molecular complexity index is 2250. The number of ether oxygens (including phenoxy) is 2. The third kappa shape index (κ3) is 14.4. The quantitative estimate of drug-likeness (QED) is 0.0533. The number of hydrogen-bond acceptors (Lipinski definition) is 11. The number of benzene rings is 3. The van der Waals surface area contributed by atoms with Crippen LogP contribution in [0, 0.1) is 20.8 Å². The minimum Gasteiger partial charge on any atom is -0.508 e. The summed E-state index contributed by atoms with van der Waals surface area (Å²) in [6.07, 6.45) is -0.0982. The van der Waals surface area contributed by atoms with Crippen LogP contribution in [0.25, 0.3) is 0 Å². The van der Waals surface area contributed by atoms with Gasteiger partial charge in [0.25, 0.3) is 10.0 Å². The lowest BCUT2D eigenvalue weighted by molar-refractivity contribution is -0.134. The molecule has 63 heavy (non-hydrogen) atoms. The van der Waals surface area contributed by atoms with Crippen LogP contribution < -0.4 is 31.1 Å². The van der Waals surface area contributed by atoms with Gasteiger partial charge in [-0.15, -0.1) is 0 Å². The van der Waals surface area contributed by atoms with Gasteiger partial charge >= 0.3 is 6.09 Å². The SMILES string of the molecule is Cc1c(C)c(S(=O)(=O)NC(N)=NCCCC[C@H](NC(=O)[C@@H](NC(=O)[C@H](Cc2ccc(O)cc2)NC(=O)OC(C)(C)C)[C@@H](C)O)C(=O)Cc2ccccc2)c(C)c2c1OC(C)(C)CC2. The molecule has 0 unspecified atom stereocenters. The lowest BCUT2D eigenvalue weighted by Gasteiger charge is -2.35. The lowest BCUT2D eigenvalue weighted by Crippen LogP contribution is -2.59. The number of carbonyl (C=O) groups is 4. The van der Waals surface area contributed by atoms with Crippen molar-refractivity contribution in [3.8, 4) is 11.5 Å². The number of rotatable bonds is 18. The molecule has 4 rings (SSSR count). The van der Waals surface area contributed by atoms with Crippen LogP contribution in [0.1, 0.15) is 101 Å². The molecule has 3 aromatic carbocycles. The Kier molecular flexibility index (Phi) is 16.8. The molecule has 1 aliphatic heterocycles. The second kappa shape index (κ2) is 21.1. The number of aliphatic hydroxyl groups is 1. The summed E-state index contributed by atoms with van der Waals surface area (Å²) >= 11 is 0. The van der Waals surface area contributed by atoms with E-state index in [0.29, 0.717) is 47.3 Å². The van der Waals surface area contributed by atoms with Crippen molar-refractivity contribution in [1.29, 1.82) is 0 Å². The number of guanidine groups is 1. The summed E-state index contributed by atoms with van der Waals surface area (Å²) in [5.41, 5.74) is 8.90. The first-order valence-electron chi connectivity index (χ1n) is 21.1. The fourth-order valence-corrected chi connectivity index (χ4v) is 8.84. The zero-order valence-corrected chi connectivity index (χ0v) is 38.6. The van der Waals surface area contributed by atoms with Crippen LogP contribution in [0.3, 0.4) is 0 Å². The van der Waals surface area contributed by atoms with Crippen molar-refractivity contribution in [2.75, 3.05) is 6.54 Å². The van der Waals surface area contributed by atoms with E-state index in [9.17, 15) is 37.8 Å². The standard InChI is InChI=1S/C46H64N6O10S/c1-27-28(2)40(29(3)34-22-23-46(8,9)61-39(27)34)63(59,60)52-43(47)48-24-14-13-17-35(37(55)26-31-15-11-10-12-16-31)49-42(57)38(30(4)53)51-41(56)36(50-44(58)62-45(5,6)7)25-32-18-20-33(54)21-19-32/h10-12,15-16,18-21,30,35-36,38,53-54H,13-14,17,22-26H2,1-9H3,(H,49,57)(H,50,58)(H,51,56)(H3,47,48,52)/t30-,35+,36+,38+/m1/s1. The van der Waals surface area contributed by atoms with Gasteiger partial charge in [0.15, 0.2) is 5.78 Å². The lowest BCUT2D eigenvalue weighted by atomic mass is 9.88. The molecule has 0 saturated carbocycles. The molecule has 344 valence electrons. The number of nitrogens with two attached hydrogens (primary N) is 1. The van der Waals surface area contributed by atoms with E-state index in [1.165, 1.54) is 19.1 Å². The van der Waals surface area contributed by atoms with Crippen molar-refractivity contribution in [3.63, 3.8) is 0 Å². The van der Waals surface area contributed by atoms with E-state index in [4.69, 9.17) is 15.2 Å². The number of fused-ring (bicyclic) bond motifs is 1. The molecule has 1 heterocycles. The number of sulfonamides is 1. The summed E-state index contributed by atoms with van der Waals surface area (Å²) in [4.78, 5) is 58.4. The highest BCUT2D eigenvalue weighted by Gasteiger charge is 2.35. The number of amides is 3. The third-order valence-electron chi connectivity index (χ3n) is 10.7. The maximum absolute atomic E-state index is 13.8. The number of alkyl carbamates (subject to hydrolysis) is 1. The number of nitrogens with zero attached hydrogens (tertiary/aromatic N) is 1. The Morgan fingerprint density at radius 3 is 2.16 bits per heavy atom. The molecule has 16 nitrogen and oxygen atoms in total. The predicted molar refractivity (Wildman–Crippen MR) is 240 cm³/mol. The van der Waals surface area contributed by atoms with E-state index in [2.05, 4.69) is 25.7 Å². The van der Waals surface area contributed by atoms with E-state index in [-0.39, 0.29) is 53.8 Å². The number of ketones is 1. The Balaban J connectivity index is 1.45. The maximum Gasteiger partial charge on any atom is 0.408 e. The van der Waals surface area contributed by atoms with Gasteiger partial charge in [-0.05, 0) is 140 Å².